The van der Waals surface area contributed by atoms with Crippen LogP contribution in [-0.2, 0) is 27.6 Å². The lowest BCUT2D eigenvalue weighted by atomic mass is 10.1. The molecule has 1 fully saturated rings. The van der Waals surface area contributed by atoms with Gasteiger partial charge in [-0.2, -0.15) is 11.8 Å². The molecule has 10 heteroatoms. The van der Waals surface area contributed by atoms with Gasteiger partial charge in [0.2, 0.25) is 5.79 Å². The molecule has 1 aliphatic rings. The summed E-state index contributed by atoms with van der Waals surface area (Å²) in [7, 11) is 0. The van der Waals surface area contributed by atoms with Crippen molar-refractivity contribution in [1.82, 2.24) is 9.55 Å². The number of aromatic nitrogens is 2. The minimum absolute atomic E-state index is 0.0883. The van der Waals surface area contributed by atoms with E-state index < -0.39 is 10.7 Å². The van der Waals surface area contributed by atoms with E-state index in [2.05, 4.69) is 4.98 Å². The van der Waals surface area contributed by atoms with Crippen LogP contribution in [0.2, 0.25) is 10.0 Å². The van der Waals surface area contributed by atoms with Crippen molar-refractivity contribution < 1.29 is 14.4 Å². The highest BCUT2D eigenvalue weighted by Gasteiger charge is 2.45. The van der Waals surface area contributed by atoms with Crippen LogP contribution in [0, 0.1) is 10.1 Å². The van der Waals surface area contributed by atoms with Crippen LogP contribution in [0.25, 0.3) is 0 Å². The van der Waals surface area contributed by atoms with Crippen LogP contribution in [-0.4, -0.2) is 32.9 Å². The second-order valence-electron chi connectivity index (χ2n) is 7.10. The number of non-ortho nitro benzene ring substituents is 1. The lowest BCUT2D eigenvalue weighted by Gasteiger charge is -2.30. The number of halogens is 2. The number of rotatable bonds is 8. The van der Waals surface area contributed by atoms with E-state index in [1.165, 1.54) is 12.1 Å². The molecule has 0 spiro atoms. The van der Waals surface area contributed by atoms with E-state index in [4.69, 9.17) is 32.7 Å². The Balaban J connectivity index is 1.43. The molecular formula is C21H19Cl2N3O4S. The number of nitro groups is 1. The zero-order valence-electron chi connectivity index (χ0n) is 16.3. The van der Waals surface area contributed by atoms with Gasteiger partial charge in [0.1, 0.15) is 0 Å². The number of nitro benzene ring substituents is 1. The summed E-state index contributed by atoms with van der Waals surface area (Å²) in [6, 6.07) is 11.8. The second kappa shape index (κ2) is 9.58. The van der Waals surface area contributed by atoms with E-state index in [9.17, 15) is 10.1 Å². The summed E-state index contributed by atoms with van der Waals surface area (Å²) in [4.78, 5) is 14.5. The van der Waals surface area contributed by atoms with Crippen molar-refractivity contribution in [3.05, 3.63) is 92.5 Å². The fourth-order valence-electron chi connectivity index (χ4n) is 3.40. The molecule has 31 heavy (non-hydrogen) atoms. The normalized spacial score (nSPS) is 20.8. The molecule has 0 amide bonds. The Kier molecular flexibility index (Phi) is 6.83. The van der Waals surface area contributed by atoms with Crippen LogP contribution in [0.4, 0.5) is 5.69 Å². The monoisotopic (exact) mass is 479 g/mol. The van der Waals surface area contributed by atoms with Crippen molar-refractivity contribution in [3.8, 4) is 0 Å². The third-order valence-electron chi connectivity index (χ3n) is 4.87. The molecule has 0 radical (unpaired) electrons. The predicted molar refractivity (Wildman–Crippen MR) is 120 cm³/mol. The summed E-state index contributed by atoms with van der Waals surface area (Å²) >= 11 is 14.2. The van der Waals surface area contributed by atoms with Crippen molar-refractivity contribution in [2.45, 2.75) is 24.2 Å². The highest BCUT2D eigenvalue weighted by atomic mass is 35.5. The quantitative estimate of drug-likeness (QED) is 0.322. The van der Waals surface area contributed by atoms with E-state index in [0.717, 1.165) is 11.1 Å². The van der Waals surface area contributed by atoms with Crippen molar-refractivity contribution in [2.75, 3.05) is 12.4 Å². The summed E-state index contributed by atoms with van der Waals surface area (Å²) in [5.41, 5.74) is 1.82. The zero-order chi connectivity index (χ0) is 21.8. The molecule has 1 saturated heterocycles. The van der Waals surface area contributed by atoms with Gasteiger partial charge in [-0.15, -0.1) is 0 Å². The number of benzene rings is 2. The molecule has 0 bridgehead atoms. The Morgan fingerprint density at radius 2 is 2.06 bits per heavy atom. The number of nitrogens with zero attached hydrogens (tertiary/aromatic N) is 3. The van der Waals surface area contributed by atoms with E-state index >= 15 is 0 Å². The highest BCUT2D eigenvalue weighted by molar-refractivity contribution is 7.98. The van der Waals surface area contributed by atoms with Gasteiger partial charge in [0.25, 0.3) is 5.69 Å². The van der Waals surface area contributed by atoms with Gasteiger partial charge in [-0.25, -0.2) is 4.98 Å². The fraction of sp³-hybridized carbons (Fsp3) is 0.286. The summed E-state index contributed by atoms with van der Waals surface area (Å²) in [6.07, 6.45) is 5.10. The summed E-state index contributed by atoms with van der Waals surface area (Å²) in [5, 5.41) is 11.8. The first-order valence-corrected chi connectivity index (χ1v) is 11.4. The summed E-state index contributed by atoms with van der Waals surface area (Å²) in [6.45, 7) is 0.818. The van der Waals surface area contributed by atoms with Crippen LogP contribution < -0.4 is 0 Å². The lowest BCUT2D eigenvalue weighted by Crippen LogP contribution is -2.34. The van der Waals surface area contributed by atoms with Gasteiger partial charge in [-0.1, -0.05) is 41.4 Å². The van der Waals surface area contributed by atoms with Gasteiger partial charge in [-0.05, 0) is 17.7 Å². The second-order valence-corrected chi connectivity index (χ2v) is 8.98. The van der Waals surface area contributed by atoms with Crippen LogP contribution in [0.1, 0.15) is 11.1 Å². The number of ether oxygens (including phenoxy) is 2. The number of hydrogen-bond donors (Lipinski definition) is 0. The maximum atomic E-state index is 10.8. The van der Waals surface area contributed by atoms with E-state index in [1.807, 2.05) is 16.8 Å². The van der Waals surface area contributed by atoms with Crippen molar-refractivity contribution in [3.63, 3.8) is 0 Å². The highest BCUT2D eigenvalue weighted by Crippen LogP contribution is 2.41. The molecule has 2 aromatic carbocycles. The number of imidazole rings is 1. The smallest absolute Gasteiger partial charge is 0.269 e. The minimum Gasteiger partial charge on any atom is -0.342 e. The molecule has 162 valence electrons. The number of thioether (sulfide) groups is 1. The summed E-state index contributed by atoms with van der Waals surface area (Å²) in [5.74, 6) is 0.378. The first-order valence-electron chi connectivity index (χ1n) is 9.49. The van der Waals surface area contributed by atoms with Gasteiger partial charge in [0.15, 0.2) is 0 Å². The molecule has 0 saturated carbocycles. The topological polar surface area (TPSA) is 79.4 Å². The SMILES string of the molecule is O=[N+]([O-])c1ccc(CSCC2COC(Cn3ccnc3)(c3ccc(Cl)cc3Cl)O2)cc1. The maximum absolute atomic E-state index is 10.8. The first kappa shape index (κ1) is 22.1. The third-order valence-corrected chi connectivity index (χ3v) is 6.56. The molecule has 7 nitrogen and oxygen atoms in total. The van der Waals surface area contributed by atoms with Gasteiger partial charge < -0.3 is 14.0 Å². The van der Waals surface area contributed by atoms with Crippen LogP contribution >= 0.6 is 35.0 Å². The first-order chi connectivity index (χ1) is 14.9. The Morgan fingerprint density at radius 3 is 2.74 bits per heavy atom. The molecule has 2 atom stereocenters. The molecule has 2 heterocycles. The van der Waals surface area contributed by atoms with Crippen LogP contribution in [0.15, 0.2) is 61.2 Å². The molecule has 3 aromatic rings. The zero-order valence-corrected chi connectivity index (χ0v) is 18.6. The Bertz CT molecular complexity index is 1050. The standard InChI is InChI=1S/C21H19Cl2N3O4S/c22-16-3-6-19(20(23)9-16)21(13-25-8-7-24-14-25)29-10-18(30-21)12-31-11-15-1-4-17(5-2-15)26(27)28/h1-9,14,18H,10-13H2. The van der Waals surface area contributed by atoms with E-state index in [1.54, 1.807) is 48.6 Å². The number of hydrogen-bond acceptors (Lipinski definition) is 6. The summed E-state index contributed by atoms with van der Waals surface area (Å²) < 4.78 is 14.5. The fourth-order valence-corrected chi connectivity index (χ4v) is 4.92. The Labute approximate surface area is 193 Å². The van der Waals surface area contributed by atoms with Crippen LogP contribution in [0.5, 0.6) is 0 Å². The van der Waals surface area contributed by atoms with Gasteiger partial charge >= 0.3 is 0 Å². The predicted octanol–water partition coefficient (Wildman–Crippen LogP) is 5.30. The molecule has 0 N–H and O–H groups in total. The average Bonchev–Trinajstić information content (AvgIpc) is 3.39. The molecule has 1 aromatic heterocycles. The lowest BCUT2D eigenvalue weighted by molar-refractivity contribution is -0.384. The average molecular weight is 480 g/mol. The Hall–Kier alpha value is -2.10. The largest absolute Gasteiger partial charge is 0.342 e. The van der Waals surface area contributed by atoms with Gasteiger partial charge in [0, 0.05) is 46.6 Å². The maximum Gasteiger partial charge on any atom is 0.269 e. The van der Waals surface area contributed by atoms with E-state index in [-0.39, 0.29) is 11.8 Å². The minimum atomic E-state index is -1.04. The molecule has 0 aliphatic carbocycles. The van der Waals surface area contributed by atoms with Gasteiger partial charge in [-0.3, -0.25) is 10.1 Å². The third kappa shape index (κ3) is 5.22. The van der Waals surface area contributed by atoms with Crippen molar-refractivity contribution >= 4 is 40.7 Å². The van der Waals surface area contributed by atoms with E-state index in [0.29, 0.717) is 34.7 Å². The van der Waals surface area contributed by atoms with Crippen molar-refractivity contribution in [1.29, 1.82) is 0 Å². The molecular weight excluding hydrogens is 461 g/mol. The molecule has 1 aliphatic heterocycles. The van der Waals surface area contributed by atoms with Crippen molar-refractivity contribution in [2.24, 2.45) is 0 Å². The molecule has 2 unspecified atom stereocenters. The van der Waals surface area contributed by atoms with Crippen LogP contribution in [0.3, 0.4) is 0 Å². The molecule has 4 rings (SSSR count). The van der Waals surface area contributed by atoms with Gasteiger partial charge in [0.05, 0.1) is 35.5 Å². The Morgan fingerprint density at radius 1 is 1.26 bits per heavy atom.